The first kappa shape index (κ1) is 7.52. The summed E-state index contributed by atoms with van der Waals surface area (Å²) in [5.74, 6) is 0.247. The van der Waals surface area contributed by atoms with Gasteiger partial charge in [0.15, 0.2) is 5.78 Å². The van der Waals surface area contributed by atoms with Crippen LogP contribution >= 0.6 is 0 Å². The van der Waals surface area contributed by atoms with Crippen molar-refractivity contribution in [3.8, 4) is 0 Å². The predicted molar refractivity (Wildman–Crippen MR) is 41.8 cm³/mol. The van der Waals surface area contributed by atoms with Crippen LogP contribution in [0.3, 0.4) is 0 Å². The highest BCUT2D eigenvalue weighted by atomic mass is 16.1. The van der Waals surface area contributed by atoms with Crippen LogP contribution in [0, 0.1) is 5.41 Å². The molecule has 0 amide bonds. The lowest BCUT2D eigenvalue weighted by molar-refractivity contribution is -0.114. The van der Waals surface area contributed by atoms with E-state index < -0.39 is 0 Å². The maximum Gasteiger partial charge on any atom is 0.155 e. The van der Waals surface area contributed by atoms with Gasteiger partial charge in [0.25, 0.3) is 0 Å². The monoisotopic (exact) mass is 138 g/mol. The zero-order valence-corrected chi connectivity index (χ0v) is 7.12. The molecule has 10 heavy (non-hydrogen) atoms. The largest absolute Gasteiger partial charge is 0.295 e. The highest BCUT2D eigenvalue weighted by Crippen LogP contribution is 2.45. The standard InChI is InChI=1S/C9H14O/c1-6-8(7(2)10)5-9(6,3)4/h5H2,1-4H3. The fourth-order valence-corrected chi connectivity index (χ4v) is 1.40. The van der Waals surface area contributed by atoms with Gasteiger partial charge in [-0.3, -0.25) is 4.79 Å². The summed E-state index contributed by atoms with van der Waals surface area (Å²) in [5, 5.41) is 0. The lowest BCUT2D eigenvalue weighted by Gasteiger charge is -2.38. The molecule has 0 atom stereocenters. The molecule has 1 heteroatoms. The number of hydrogen-bond acceptors (Lipinski definition) is 1. The molecule has 0 spiro atoms. The lowest BCUT2D eigenvalue weighted by atomic mass is 9.66. The average Bonchev–Trinajstić information content (AvgIpc) is 1.82. The molecular formula is C9H14O. The van der Waals surface area contributed by atoms with Crippen LogP contribution in [0.4, 0.5) is 0 Å². The Labute approximate surface area is 62.1 Å². The molecule has 56 valence electrons. The summed E-state index contributed by atoms with van der Waals surface area (Å²) in [6, 6.07) is 0. The van der Waals surface area contributed by atoms with E-state index in [1.54, 1.807) is 6.92 Å². The molecule has 0 heterocycles. The summed E-state index contributed by atoms with van der Waals surface area (Å²) in [7, 11) is 0. The Balaban J connectivity index is 2.88. The zero-order valence-electron chi connectivity index (χ0n) is 7.12. The molecule has 0 radical (unpaired) electrons. The topological polar surface area (TPSA) is 17.1 Å². The minimum atomic E-state index is 0.247. The second kappa shape index (κ2) is 1.94. The second-order valence-corrected chi connectivity index (χ2v) is 3.72. The van der Waals surface area contributed by atoms with Gasteiger partial charge in [-0.2, -0.15) is 0 Å². The van der Waals surface area contributed by atoms with Crippen LogP contribution in [-0.4, -0.2) is 5.78 Å². The molecule has 0 aromatic rings. The van der Waals surface area contributed by atoms with Gasteiger partial charge in [-0.1, -0.05) is 19.4 Å². The first-order valence-corrected chi connectivity index (χ1v) is 3.66. The van der Waals surface area contributed by atoms with Gasteiger partial charge in [-0.05, 0) is 31.3 Å². The molecule has 1 nitrogen and oxygen atoms in total. The quantitative estimate of drug-likeness (QED) is 0.543. The van der Waals surface area contributed by atoms with E-state index in [4.69, 9.17) is 0 Å². The number of carbonyl (C=O) groups is 1. The summed E-state index contributed by atoms with van der Waals surface area (Å²) < 4.78 is 0. The Kier molecular flexibility index (Phi) is 1.46. The van der Waals surface area contributed by atoms with Crippen molar-refractivity contribution in [2.45, 2.75) is 34.1 Å². The Bertz CT molecular complexity index is 209. The molecule has 1 aliphatic rings. The van der Waals surface area contributed by atoms with Crippen molar-refractivity contribution in [1.82, 2.24) is 0 Å². The summed E-state index contributed by atoms with van der Waals surface area (Å²) in [4.78, 5) is 10.9. The van der Waals surface area contributed by atoms with E-state index in [1.807, 2.05) is 0 Å². The first-order chi connectivity index (χ1) is 4.45. The Morgan fingerprint density at radius 3 is 2.10 bits per heavy atom. The fourth-order valence-electron chi connectivity index (χ4n) is 1.40. The highest BCUT2D eigenvalue weighted by Gasteiger charge is 2.35. The van der Waals surface area contributed by atoms with Crippen LogP contribution in [0.1, 0.15) is 34.1 Å². The molecule has 0 fully saturated rings. The SMILES string of the molecule is CC(=O)C1=C(C)C(C)(C)C1. The Morgan fingerprint density at radius 2 is 2.00 bits per heavy atom. The molecule has 0 aliphatic heterocycles. The molecule has 0 bridgehead atoms. The molecule has 0 N–H and O–H groups in total. The van der Waals surface area contributed by atoms with Crippen molar-refractivity contribution in [1.29, 1.82) is 0 Å². The van der Waals surface area contributed by atoms with Crippen LogP contribution in [0.25, 0.3) is 0 Å². The smallest absolute Gasteiger partial charge is 0.155 e. The number of carbonyl (C=O) groups excluding carboxylic acids is 1. The van der Waals surface area contributed by atoms with Crippen molar-refractivity contribution < 1.29 is 4.79 Å². The van der Waals surface area contributed by atoms with E-state index in [2.05, 4.69) is 20.8 Å². The third kappa shape index (κ3) is 0.898. The number of ketones is 1. The van der Waals surface area contributed by atoms with Gasteiger partial charge < -0.3 is 0 Å². The maximum absolute atomic E-state index is 10.9. The minimum Gasteiger partial charge on any atom is -0.295 e. The van der Waals surface area contributed by atoms with Crippen molar-refractivity contribution >= 4 is 5.78 Å². The van der Waals surface area contributed by atoms with E-state index >= 15 is 0 Å². The van der Waals surface area contributed by atoms with Crippen LogP contribution in [0.15, 0.2) is 11.1 Å². The maximum atomic E-state index is 10.9. The van der Waals surface area contributed by atoms with E-state index in [0.717, 1.165) is 12.0 Å². The van der Waals surface area contributed by atoms with E-state index in [0.29, 0.717) is 5.41 Å². The Morgan fingerprint density at radius 1 is 1.50 bits per heavy atom. The normalized spacial score (nSPS) is 22.4. The van der Waals surface area contributed by atoms with E-state index in [1.165, 1.54) is 5.57 Å². The summed E-state index contributed by atoms with van der Waals surface area (Å²) in [6.07, 6.45) is 0.966. The number of Topliss-reactive ketones (excluding diaryl/α,β-unsaturated/α-hetero) is 1. The number of rotatable bonds is 1. The average molecular weight is 138 g/mol. The first-order valence-electron chi connectivity index (χ1n) is 3.66. The zero-order chi connectivity index (χ0) is 7.94. The third-order valence-corrected chi connectivity index (χ3v) is 2.51. The minimum absolute atomic E-state index is 0.247. The van der Waals surface area contributed by atoms with E-state index in [9.17, 15) is 4.79 Å². The molecule has 0 aromatic heterocycles. The van der Waals surface area contributed by atoms with Gasteiger partial charge in [0, 0.05) is 0 Å². The lowest BCUT2D eigenvalue weighted by Crippen LogP contribution is -2.28. The van der Waals surface area contributed by atoms with Crippen LogP contribution < -0.4 is 0 Å². The third-order valence-electron chi connectivity index (χ3n) is 2.51. The van der Waals surface area contributed by atoms with Gasteiger partial charge >= 0.3 is 0 Å². The molecular weight excluding hydrogens is 124 g/mol. The van der Waals surface area contributed by atoms with Crippen LogP contribution in [0.5, 0.6) is 0 Å². The van der Waals surface area contributed by atoms with Gasteiger partial charge in [0.05, 0.1) is 0 Å². The molecule has 1 rings (SSSR count). The molecule has 0 unspecified atom stereocenters. The summed E-state index contributed by atoms with van der Waals surface area (Å²) in [6.45, 7) is 8.05. The van der Waals surface area contributed by atoms with Crippen molar-refractivity contribution in [3.05, 3.63) is 11.1 Å². The second-order valence-electron chi connectivity index (χ2n) is 3.72. The van der Waals surface area contributed by atoms with Crippen molar-refractivity contribution in [2.75, 3.05) is 0 Å². The summed E-state index contributed by atoms with van der Waals surface area (Å²) in [5.41, 5.74) is 2.62. The van der Waals surface area contributed by atoms with Crippen LogP contribution in [-0.2, 0) is 4.79 Å². The van der Waals surface area contributed by atoms with Crippen LogP contribution in [0.2, 0.25) is 0 Å². The molecule has 0 aromatic carbocycles. The van der Waals surface area contributed by atoms with Crippen molar-refractivity contribution in [3.63, 3.8) is 0 Å². The van der Waals surface area contributed by atoms with E-state index in [-0.39, 0.29) is 5.78 Å². The molecule has 0 saturated carbocycles. The van der Waals surface area contributed by atoms with Crippen molar-refractivity contribution in [2.24, 2.45) is 5.41 Å². The fraction of sp³-hybridized carbons (Fsp3) is 0.667. The van der Waals surface area contributed by atoms with Gasteiger partial charge in [0.2, 0.25) is 0 Å². The van der Waals surface area contributed by atoms with Gasteiger partial charge in [-0.25, -0.2) is 0 Å². The number of allylic oxidation sites excluding steroid dienone is 2. The highest BCUT2D eigenvalue weighted by molar-refractivity contribution is 5.96. The summed E-state index contributed by atoms with van der Waals surface area (Å²) >= 11 is 0. The predicted octanol–water partition coefficient (Wildman–Crippen LogP) is 2.32. The number of hydrogen-bond donors (Lipinski definition) is 0. The molecule has 1 aliphatic carbocycles. The van der Waals surface area contributed by atoms with Gasteiger partial charge in [-0.15, -0.1) is 0 Å². The van der Waals surface area contributed by atoms with Gasteiger partial charge in [0.1, 0.15) is 0 Å². The Hall–Kier alpha value is -0.590. The molecule has 0 saturated heterocycles.